The van der Waals surface area contributed by atoms with Crippen LogP contribution in [0, 0.1) is 0 Å². The zero-order chi connectivity index (χ0) is 25.3. The molecule has 0 aliphatic carbocycles. The van der Waals surface area contributed by atoms with E-state index in [4.69, 9.17) is 4.74 Å². The highest BCUT2D eigenvalue weighted by Crippen LogP contribution is 2.29. The quantitative estimate of drug-likeness (QED) is 0.152. The van der Waals surface area contributed by atoms with Crippen LogP contribution >= 0.6 is 11.3 Å². The van der Waals surface area contributed by atoms with Crippen molar-refractivity contribution in [3.05, 3.63) is 53.7 Å². The molecule has 2 aromatic heterocycles. The molecular weight excluding hydrogens is 460 g/mol. The second-order valence-corrected chi connectivity index (χ2v) is 11.1. The molecule has 3 rings (SSSR count). The van der Waals surface area contributed by atoms with Gasteiger partial charge in [0.25, 0.3) is 0 Å². The van der Waals surface area contributed by atoms with Gasteiger partial charge >= 0.3 is 0 Å². The minimum absolute atomic E-state index is 0.761. The first-order chi connectivity index (χ1) is 17.8. The number of benzene rings is 1. The fraction of sp³-hybridized carbons (Fsp3) is 0.562. The van der Waals surface area contributed by atoms with E-state index in [9.17, 15) is 0 Å². The summed E-state index contributed by atoms with van der Waals surface area (Å²) in [7, 11) is 0. The third-order valence-corrected chi connectivity index (χ3v) is 7.95. The number of hydrogen-bond donors (Lipinski definition) is 0. The Balaban J connectivity index is 1.38. The molecule has 0 aliphatic rings. The van der Waals surface area contributed by atoms with Gasteiger partial charge in [-0.15, -0.1) is 11.3 Å². The maximum absolute atomic E-state index is 5.93. The predicted octanol–water partition coefficient (Wildman–Crippen LogP) is 10.3. The number of ether oxygens (including phenoxy) is 1. The Bertz CT molecular complexity index is 949. The van der Waals surface area contributed by atoms with Crippen LogP contribution in [0.2, 0.25) is 0 Å². The number of hydrogen-bond acceptors (Lipinski definition) is 4. The molecule has 3 nitrogen and oxygen atoms in total. The van der Waals surface area contributed by atoms with Crippen LogP contribution in [0.15, 0.2) is 48.8 Å². The molecule has 0 unspecified atom stereocenters. The molecule has 0 aliphatic heterocycles. The third kappa shape index (κ3) is 10.4. The SMILES string of the molecule is CCCCCCCCCCOc1ccc(-c2ncc(-c3ccc(CCCCCCCC)s3)cn2)cc1. The van der Waals surface area contributed by atoms with Crippen LogP contribution in [0.3, 0.4) is 0 Å². The van der Waals surface area contributed by atoms with Gasteiger partial charge in [-0.05, 0) is 55.7 Å². The van der Waals surface area contributed by atoms with Crippen molar-refractivity contribution in [2.24, 2.45) is 0 Å². The number of rotatable bonds is 19. The lowest BCUT2D eigenvalue weighted by Crippen LogP contribution is -1.97. The Labute approximate surface area is 223 Å². The Morgan fingerprint density at radius 2 is 1.19 bits per heavy atom. The summed E-state index contributed by atoms with van der Waals surface area (Å²) in [6, 6.07) is 12.7. The van der Waals surface area contributed by atoms with E-state index in [1.807, 2.05) is 35.9 Å². The van der Waals surface area contributed by atoms with E-state index in [0.717, 1.165) is 35.7 Å². The second kappa shape index (κ2) is 17.3. The molecule has 0 saturated carbocycles. The maximum atomic E-state index is 5.93. The van der Waals surface area contributed by atoms with Gasteiger partial charge in [-0.3, -0.25) is 0 Å². The highest BCUT2D eigenvalue weighted by molar-refractivity contribution is 7.15. The fourth-order valence-corrected chi connectivity index (χ4v) is 5.50. The summed E-state index contributed by atoms with van der Waals surface area (Å²) >= 11 is 1.88. The van der Waals surface area contributed by atoms with Gasteiger partial charge in [0.15, 0.2) is 5.82 Å². The van der Waals surface area contributed by atoms with Gasteiger partial charge in [0.1, 0.15) is 5.75 Å². The molecule has 36 heavy (non-hydrogen) atoms. The summed E-state index contributed by atoms with van der Waals surface area (Å²) in [6.45, 7) is 5.33. The molecule has 0 amide bonds. The number of thiophene rings is 1. The Kier molecular flexibility index (Phi) is 13.6. The predicted molar refractivity (Wildman–Crippen MR) is 156 cm³/mol. The van der Waals surface area contributed by atoms with Crippen molar-refractivity contribution in [2.45, 2.75) is 110 Å². The van der Waals surface area contributed by atoms with Crippen LogP contribution in [-0.4, -0.2) is 16.6 Å². The number of unbranched alkanes of at least 4 members (excludes halogenated alkanes) is 12. The van der Waals surface area contributed by atoms with Gasteiger partial charge < -0.3 is 4.74 Å². The molecule has 0 saturated heterocycles. The first-order valence-corrected chi connectivity index (χ1v) is 15.3. The summed E-state index contributed by atoms with van der Waals surface area (Å²) in [6.07, 6.45) is 23.7. The minimum atomic E-state index is 0.761. The Morgan fingerprint density at radius 1 is 0.611 bits per heavy atom. The monoisotopic (exact) mass is 506 g/mol. The zero-order valence-corrected chi connectivity index (χ0v) is 23.5. The topological polar surface area (TPSA) is 35.0 Å². The summed E-state index contributed by atoms with van der Waals surface area (Å²) in [5.41, 5.74) is 2.12. The van der Waals surface area contributed by atoms with E-state index in [1.54, 1.807) is 0 Å². The van der Waals surface area contributed by atoms with Gasteiger partial charge in [-0.1, -0.05) is 90.9 Å². The molecule has 0 spiro atoms. The van der Waals surface area contributed by atoms with Crippen molar-refractivity contribution in [1.29, 1.82) is 0 Å². The lowest BCUT2D eigenvalue weighted by molar-refractivity contribution is 0.304. The van der Waals surface area contributed by atoms with E-state index in [0.29, 0.717) is 0 Å². The summed E-state index contributed by atoms with van der Waals surface area (Å²) in [5, 5.41) is 0. The highest BCUT2D eigenvalue weighted by Gasteiger charge is 2.07. The minimum Gasteiger partial charge on any atom is -0.494 e. The van der Waals surface area contributed by atoms with E-state index in [2.05, 4.69) is 48.1 Å². The molecule has 3 aromatic rings. The normalized spacial score (nSPS) is 11.2. The van der Waals surface area contributed by atoms with Crippen LogP contribution < -0.4 is 4.74 Å². The largest absolute Gasteiger partial charge is 0.494 e. The van der Waals surface area contributed by atoms with Crippen LogP contribution in [-0.2, 0) is 6.42 Å². The average molecular weight is 507 g/mol. The maximum Gasteiger partial charge on any atom is 0.159 e. The van der Waals surface area contributed by atoms with Crippen molar-refractivity contribution in [3.8, 4) is 27.6 Å². The summed E-state index contributed by atoms with van der Waals surface area (Å²) in [4.78, 5) is 12.0. The van der Waals surface area contributed by atoms with Crippen molar-refractivity contribution in [2.75, 3.05) is 6.61 Å². The summed E-state index contributed by atoms with van der Waals surface area (Å²) in [5.74, 6) is 1.69. The van der Waals surface area contributed by atoms with Crippen LogP contribution in [0.1, 0.15) is 109 Å². The molecule has 0 radical (unpaired) electrons. The average Bonchev–Trinajstić information content (AvgIpc) is 3.39. The number of nitrogens with zero attached hydrogens (tertiary/aromatic N) is 2. The van der Waals surface area contributed by atoms with Crippen LogP contribution in [0.25, 0.3) is 21.8 Å². The fourth-order valence-electron chi connectivity index (χ4n) is 4.48. The molecule has 0 atom stereocenters. The lowest BCUT2D eigenvalue weighted by atomic mass is 10.1. The molecule has 0 bridgehead atoms. The highest BCUT2D eigenvalue weighted by atomic mass is 32.1. The van der Waals surface area contributed by atoms with Gasteiger partial charge in [0.2, 0.25) is 0 Å². The van der Waals surface area contributed by atoms with Gasteiger partial charge in [0.05, 0.1) is 6.61 Å². The van der Waals surface area contributed by atoms with Gasteiger partial charge in [0, 0.05) is 33.3 Å². The molecular formula is C32H46N2OS. The molecule has 0 fully saturated rings. The van der Waals surface area contributed by atoms with Crippen molar-refractivity contribution in [1.82, 2.24) is 9.97 Å². The third-order valence-electron chi connectivity index (χ3n) is 6.75. The van der Waals surface area contributed by atoms with Crippen molar-refractivity contribution in [3.63, 3.8) is 0 Å². The van der Waals surface area contributed by atoms with Crippen LogP contribution in [0.5, 0.6) is 5.75 Å². The van der Waals surface area contributed by atoms with Crippen molar-refractivity contribution < 1.29 is 4.74 Å². The lowest BCUT2D eigenvalue weighted by Gasteiger charge is -2.07. The number of aryl methyl sites for hydroxylation is 1. The smallest absolute Gasteiger partial charge is 0.159 e. The van der Waals surface area contributed by atoms with E-state index < -0.39 is 0 Å². The van der Waals surface area contributed by atoms with E-state index in [1.165, 1.54) is 99.6 Å². The first kappa shape index (κ1) is 28.4. The molecule has 2 heterocycles. The molecule has 0 N–H and O–H groups in total. The van der Waals surface area contributed by atoms with Crippen LogP contribution in [0.4, 0.5) is 0 Å². The standard InChI is InChI=1S/C32H46N2OS/c1-3-5-7-9-11-12-14-16-24-35-29-20-18-27(19-21-29)32-33-25-28(26-34-32)31-23-22-30(36-31)17-15-13-10-8-6-4-2/h18-23,25-26H,3-17,24H2,1-2H3. The van der Waals surface area contributed by atoms with E-state index in [-0.39, 0.29) is 0 Å². The second-order valence-electron chi connectivity index (χ2n) is 9.93. The van der Waals surface area contributed by atoms with E-state index >= 15 is 0 Å². The Hall–Kier alpha value is -2.20. The summed E-state index contributed by atoms with van der Waals surface area (Å²) < 4.78 is 5.93. The molecule has 196 valence electrons. The molecule has 4 heteroatoms. The Morgan fingerprint density at radius 3 is 1.83 bits per heavy atom. The number of aromatic nitrogens is 2. The van der Waals surface area contributed by atoms with Gasteiger partial charge in [-0.2, -0.15) is 0 Å². The molecule has 1 aromatic carbocycles. The first-order valence-electron chi connectivity index (χ1n) is 14.4. The van der Waals surface area contributed by atoms with Crippen molar-refractivity contribution >= 4 is 11.3 Å². The van der Waals surface area contributed by atoms with Gasteiger partial charge in [-0.25, -0.2) is 9.97 Å². The zero-order valence-electron chi connectivity index (χ0n) is 22.6.